The van der Waals surface area contributed by atoms with Crippen LogP contribution in [0.25, 0.3) is 10.8 Å². The minimum Gasteiger partial charge on any atom is -0.378 e. The lowest BCUT2D eigenvalue weighted by Crippen LogP contribution is -2.48. The van der Waals surface area contributed by atoms with Gasteiger partial charge in [-0.3, -0.25) is 11.3 Å². The normalized spacial score (nSPS) is 18.4. The second-order valence-electron chi connectivity index (χ2n) is 6.15. The first-order valence-electron chi connectivity index (χ1n) is 7.74. The first-order chi connectivity index (χ1) is 10.3. The molecule has 1 aliphatic rings. The van der Waals surface area contributed by atoms with E-state index in [1.165, 1.54) is 22.8 Å². The van der Waals surface area contributed by atoms with Gasteiger partial charge in [0.2, 0.25) is 0 Å². The zero-order valence-corrected chi connectivity index (χ0v) is 12.6. The molecule has 3 heteroatoms. The van der Waals surface area contributed by atoms with Crippen LogP contribution in [0.2, 0.25) is 0 Å². The molecule has 1 fully saturated rings. The van der Waals surface area contributed by atoms with Gasteiger partial charge in [-0.25, -0.2) is 0 Å². The number of rotatable bonds is 6. The van der Waals surface area contributed by atoms with Crippen molar-refractivity contribution in [2.45, 2.75) is 43.7 Å². The molecule has 2 aromatic carbocycles. The summed E-state index contributed by atoms with van der Waals surface area (Å²) in [6.45, 7) is 0. The maximum Gasteiger partial charge on any atom is 0.0694 e. The van der Waals surface area contributed by atoms with E-state index >= 15 is 0 Å². The Morgan fingerprint density at radius 2 is 1.95 bits per heavy atom. The fraction of sp³-hybridized carbons (Fsp3) is 0.444. The Morgan fingerprint density at radius 3 is 2.62 bits per heavy atom. The van der Waals surface area contributed by atoms with E-state index in [1.807, 2.05) is 7.11 Å². The van der Waals surface area contributed by atoms with E-state index in [-0.39, 0.29) is 11.6 Å². The van der Waals surface area contributed by atoms with Crippen LogP contribution < -0.4 is 11.3 Å². The van der Waals surface area contributed by atoms with Gasteiger partial charge in [-0.1, -0.05) is 42.5 Å². The number of fused-ring (bicyclic) bond motifs is 1. The number of hydrogen-bond donors (Lipinski definition) is 2. The van der Waals surface area contributed by atoms with Crippen molar-refractivity contribution >= 4 is 10.8 Å². The lowest BCUT2D eigenvalue weighted by atomic mass is 9.75. The van der Waals surface area contributed by atoms with Crippen LogP contribution in [0.5, 0.6) is 0 Å². The predicted octanol–water partition coefficient (Wildman–Crippen LogP) is 3.17. The monoisotopic (exact) mass is 284 g/mol. The number of benzene rings is 2. The third kappa shape index (κ3) is 2.95. The number of methoxy groups -OCH3 is 1. The molecule has 21 heavy (non-hydrogen) atoms. The molecule has 2 aromatic rings. The minimum atomic E-state index is 0.0433. The van der Waals surface area contributed by atoms with Gasteiger partial charge in [-0.15, -0.1) is 0 Å². The molecule has 1 aliphatic carbocycles. The maximum absolute atomic E-state index is 5.80. The second kappa shape index (κ2) is 6.14. The molecule has 0 heterocycles. The average molecular weight is 284 g/mol. The number of ether oxygens (including phenoxy) is 1. The predicted molar refractivity (Wildman–Crippen MR) is 87.0 cm³/mol. The van der Waals surface area contributed by atoms with Crippen molar-refractivity contribution in [3.8, 4) is 0 Å². The van der Waals surface area contributed by atoms with E-state index in [4.69, 9.17) is 10.6 Å². The van der Waals surface area contributed by atoms with Crippen LogP contribution in [-0.2, 0) is 11.2 Å². The topological polar surface area (TPSA) is 47.3 Å². The lowest BCUT2D eigenvalue weighted by Gasteiger charge is -2.42. The molecule has 0 spiro atoms. The third-order valence-electron chi connectivity index (χ3n) is 4.90. The van der Waals surface area contributed by atoms with Crippen LogP contribution >= 0.6 is 0 Å². The summed E-state index contributed by atoms with van der Waals surface area (Å²) in [7, 11) is 1.82. The van der Waals surface area contributed by atoms with Gasteiger partial charge in [0, 0.05) is 13.2 Å². The molecule has 3 nitrogen and oxygen atoms in total. The Morgan fingerprint density at radius 1 is 1.19 bits per heavy atom. The Balaban J connectivity index is 1.79. The summed E-state index contributed by atoms with van der Waals surface area (Å²) in [6.07, 6.45) is 5.47. The van der Waals surface area contributed by atoms with Gasteiger partial charge in [0.1, 0.15) is 0 Å². The van der Waals surface area contributed by atoms with Gasteiger partial charge in [0.05, 0.1) is 5.60 Å². The van der Waals surface area contributed by atoms with E-state index in [1.54, 1.807) is 0 Å². The summed E-state index contributed by atoms with van der Waals surface area (Å²) in [4.78, 5) is 0. The highest BCUT2D eigenvalue weighted by Crippen LogP contribution is 2.39. The Labute approximate surface area is 126 Å². The quantitative estimate of drug-likeness (QED) is 0.632. The molecule has 1 atom stereocenters. The second-order valence-corrected chi connectivity index (χ2v) is 6.15. The van der Waals surface area contributed by atoms with E-state index in [0.29, 0.717) is 0 Å². The van der Waals surface area contributed by atoms with Crippen molar-refractivity contribution in [3.63, 3.8) is 0 Å². The molecule has 1 unspecified atom stereocenters. The molecule has 3 N–H and O–H groups in total. The molecule has 0 aromatic heterocycles. The van der Waals surface area contributed by atoms with Gasteiger partial charge in [0.15, 0.2) is 0 Å². The largest absolute Gasteiger partial charge is 0.378 e. The van der Waals surface area contributed by atoms with Gasteiger partial charge in [-0.2, -0.15) is 0 Å². The minimum absolute atomic E-state index is 0.0433. The molecule has 1 saturated carbocycles. The smallest absolute Gasteiger partial charge is 0.0694 e. The Kier molecular flexibility index (Phi) is 4.24. The van der Waals surface area contributed by atoms with Crippen LogP contribution in [0.1, 0.15) is 31.2 Å². The van der Waals surface area contributed by atoms with Crippen molar-refractivity contribution in [1.29, 1.82) is 0 Å². The lowest BCUT2D eigenvalue weighted by molar-refractivity contribution is -0.0834. The summed E-state index contributed by atoms with van der Waals surface area (Å²) in [5.41, 5.74) is 4.39. The fourth-order valence-electron chi connectivity index (χ4n) is 3.44. The third-order valence-corrected chi connectivity index (χ3v) is 4.90. The number of nitrogens with two attached hydrogens (primary N) is 1. The van der Waals surface area contributed by atoms with Crippen LogP contribution in [0, 0.1) is 0 Å². The standard InChI is InChI=1S/C18H24N2O/c1-21-18(10-5-11-18)13-16(20-19)12-15-8-4-7-14-6-2-3-9-17(14)15/h2-4,6-9,16,20H,5,10-13,19H2,1H3. The number of hydrogen-bond acceptors (Lipinski definition) is 3. The fourth-order valence-corrected chi connectivity index (χ4v) is 3.44. The van der Waals surface area contributed by atoms with E-state index in [2.05, 4.69) is 47.9 Å². The molecule has 0 saturated heterocycles. The molecule has 0 radical (unpaired) electrons. The van der Waals surface area contributed by atoms with E-state index in [0.717, 1.165) is 25.7 Å². The van der Waals surface area contributed by atoms with Gasteiger partial charge in [0.25, 0.3) is 0 Å². The molecule has 0 aliphatic heterocycles. The molecule has 3 rings (SSSR count). The van der Waals surface area contributed by atoms with Crippen molar-refractivity contribution < 1.29 is 4.74 Å². The van der Waals surface area contributed by atoms with E-state index < -0.39 is 0 Å². The summed E-state index contributed by atoms with van der Waals surface area (Å²) >= 11 is 0. The summed E-state index contributed by atoms with van der Waals surface area (Å²) in [5, 5.41) is 2.61. The summed E-state index contributed by atoms with van der Waals surface area (Å²) in [6, 6.07) is 15.3. The van der Waals surface area contributed by atoms with Gasteiger partial charge >= 0.3 is 0 Å². The van der Waals surface area contributed by atoms with Crippen molar-refractivity contribution in [2.75, 3.05) is 7.11 Å². The highest BCUT2D eigenvalue weighted by Gasteiger charge is 2.38. The average Bonchev–Trinajstić information content (AvgIpc) is 2.50. The summed E-state index contributed by atoms with van der Waals surface area (Å²) in [5.74, 6) is 5.80. The van der Waals surface area contributed by atoms with Crippen LogP contribution in [0.3, 0.4) is 0 Å². The molecular weight excluding hydrogens is 260 g/mol. The molecule has 0 amide bonds. The number of hydrazine groups is 1. The van der Waals surface area contributed by atoms with Crippen LogP contribution in [0.15, 0.2) is 42.5 Å². The van der Waals surface area contributed by atoms with Gasteiger partial charge in [-0.05, 0) is 48.4 Å². The summed E-state index contributed by atoms with van der Waals surface area (Å²) < 4.78 is 5.74. The highest BCUT2D eigenvalue weighted by molar-refractivity contribution is 5.85. The maximum atomic E-state index is 5.80. The van der Waals surface area contributed by atoms with Crippen molar-refractivity contribution in [3.05, 3.63) is 48.0 Å². The molecule has 0 bridgehead atoms. The highest BCUT2D eigenvalue weighted by atomic mass is 16.5. The van der Waals surface area contributed by atoms with E-state index in [9.17, 15) is 0 Å². The first-order valence-corrected chi connectivity index (χ1v) is 7.74. The van der Waals surface area contributed by atoms with Crippen LogP contribution in [-0.4, -0.2) is 18.8 Å². The van der Waals surface area contributed by atoms with Gasteiger partial charge < -0.3 is 4.74 Å². The SMILES string of the molecule is COC1(CC(Cc2cccc3ccccc23)NN)CCC1. The number of nitrogens with one attached hydrogen (secondary N) is 1. The van der Waals surface area contributed by atoms with Crippen LogP contribution in [0.4, 0.5) is 0 Å². The Bertz CT molecular complexity index is 596. The van der Waals surface area contributed by atoms with Crippen molar-refractivity contribution in [1.82, 2.24) is 5.43 Å². The zero-order valence-electron chi connectivity index (χ0n) is 12.6. The molecule has 112 valence electrons. The Hall–Kier alpha value is -1.42. The zero-order chi connectivity index (χ0) is 14.7. The first kappa shape index (κ1) is 14.5. The van der Waals surface area contributed by atoms with Crippen molar-refractivity contribution in [2.24, 2.45) is 5.84 Å². The molecular formula is C18H24N2O.